The monoisotopic (exact) mass is 234 g/mol. The van der Waals surface area contributed by atoms with E-state index in [1.54, 1.807) is 14.0 Å². The molecule has 0 amide bonds. The highest BCUT2D eigenvalue weighted by Gasteiger charge is 2.34. The van der Waals surface area contributed by atoms with Gasteiger partial charge >= 0.3 is 0 Å². The third-order valence-electron chi connectivity index (χ3n) is 3.12. The van der Waals surface area contributed by atoms with Crippen molar-refractivity contribution in [1.82, 2.24) is 10.0 Å². The molecule has 0 saturated heterocycles. The smallest absolute Gasteiger partial charge is 0.215 e. The molecule has 0 spiro atoms. The van der Waals surface area contributed by atoms with E-state index >= 15 is 0 Å². The highest BCUT2D eigenvalue weighted by molar-refractivity contribution is 7.90. The van der Waals surface area contributed by atoms with Gasteiger partial charge in [0, 0.05) is 12.1 Å². The summed E-state index contributed by atoms with van der Waals surface area (Å²) in [5, 5.41) is 2.52. The van der Waals surface area contributed by atoms with Crippen molar-refractivity contribution in [1.29, 1.82) is 0 Å². The maximum absolute atomic E-state index is 11.9. The summed E-state index contributed by atoms with van der Waals surface area (Å²) in [6, 6.07) is 0. The molecule has 90 valence electrons. The van der Waals surface area contributed by atoms with Gasteiger partial charge in [-0.05, 0) is 33.7 Å². The summed E-state index contributed by atoms with van der Waals surface area (Å²) in [5.41, 5.74) is -0.208. The standard InChI is InChI=1S/C10H22N2O2S/c1-9(8-11-3)15(13,14)12-10(2)6-4-5-7-10/h9,11-12H,4-8H2,1-3H3. The molecule has 0 radical (unpaired) electrons. The molecule has 0 aromatic heterocycles. The molecule has 0 heterocycles. The van der Waals surface area contributed by atoms with Gasteiger partial charge in [0.2, 0.25) is 10.0 Å². The molecule has 0 bridgehead atoms. The van der Waals surface area contributed by atoms with Crippen LogP contribution in [0.1, 0.15) is 39.5 Å². The fourth-order valence-corrected chi connectivity index (χ4v) is 3.58. The van der Waals surface area contributed by atoms with Gasteiger partial charge < -0.3 is 5.32 Å². The van der Waals surface area contributed by atoms with Gasteiger partial charge in [0.15, 0.2) is 0 Å². The first kappa shape index (κ1) is 12.9. The predicted molar refractivity (Wildman–Crippen MR) is 62.3 cm³/mol. The molecule has 1 fully saturated rings. The molecule has 4 nitrogen and oxygen atoms in total. The molecule has 15 heavy (non-hydrogen) atoms. The quantitative estimate of drug-likeness (QED) is 0.741. The molecule has 2 N–H and O–H groups in total. The van der Waals surface area contributed by atoms with E-state index in [4.69, 9.17) is 0 Å². The lowest BCUT2D eigenvalue weighted by atomic mass is 10.0. The molecular formula is C10H22N2O2S. The Balaban J connectivity index is 2.63. The van der Waals surface area contributed by atoms with Crippen molar-refractivity contribution < 1.29 is 8.42 Å². The Bertz CT molecular complexity index is 295. The molecule has 1 aliphatic carbocycles. The minimum absolute atomic E-state index is 0.208. The second kappa shape index (κ2) is 4.80. The highest BCUT2D eigenvalue weighted by atomic mass is 32.2. The van der Waals surface area contributed by atoms with E-state index < -0.39 is 10.0 Å². The summed E-state index contributed by atoms with van der Waals surface area (Å²) < 4.78 is 26.7. The molecule has 5 heteroatoms. The van der Waals surface area contributed by atoms with Crippen LogP contribution in [-0.4, -0.2) is 32.8 Å². The van der Waals surface area contributed by atoms with Crippen molar-refractivity contribution >= 4 is 10.0 Å². The van der Waals surface area contributed by atoms with Gasteiger partial charge in [-0.2, -0.15) is 0 Å². The van der Waals surface area contributed by atoms with E-state index in [9.17, 15) is 8.42 Å². The molecule has 1 atom stereocenters. The van der Waals surface area contributed by atoms with Crippen molar-refractivity contribution in [3.63, 3.8) is 0 Å². The lowest BCUT2D eigenvalue weighted by molar-refractivity contribution is 0.423. The number of sulfonamides is 1. The van der Waals surface area contributed by atoms with Crippen molar-refractivity contribution in [2.24, 2.45) is 0 Å². The molecule has 1 saturated carbocycles. The fourth-order valence-electron chi connectivity index (χ4n) is 2.10. The van der Waals surface area contributed by atoms with Gasteiger partial charge in [0.25, 0.3) is 0 Å². The van der Waals surface area contributed by atoms with Gasteiger partial charge in [-0.1, -0.05) is 12.8 Å². The molecule has 0 aliphatic heterocycles. The fraction of sp³-hybridized carbons (Fsp3) is 1.00. The van der Waals surface area contributed by atoms with Crippen LogP contribution in [0.4, 0.5) is 0 Å². The van der Waals surface area contributed by atoms with Crippen LogP contribution in [0.25, 0.3) is 0 Å². The van der Waals surface area contributed by atoms with Crippen LogP contribution >= 0.6 is 0 Å². The molecule has 1 unspecified atom stereocenters. The van der Waals surface area contributed by atoms with Crippen LogP contribution in [0.3, 0.4) is 0 Å². The maximum atomic E-state index is 11.9. The van der Waals surface area contributed by atoms with E-state index in [2.05, 4.69) is 10.0 Å². The van der Waals surface area contributed by atoms with Crippen LogP contribution in [0.2, 0.25) is 0 Å². The summed E-state index contributed by atoms with van der Waals surface area (Å²) in [6.45, 7) is 4.23. The SMILES string of the molecule is CNCC(C)S(=O)(=O)NC1(C)CCCC1. The van der Waals surface area contributed by atoms with Crippen molar-refractivity contribution in [3.8, 4) is 0 Å². The van der Waals surface area contributed by atoms with Gasteiger partial charge in [0.05, 0.1) is 5.25 Å². The third-order valence-corrected chi connectivity index (χ3v) is 5.12. The van der Waals surface area contributed by atoms with Crippen molar-refractivity contribution in [2.75, 3.05) is 13.6 Å². The van der Waals surface area contributed by atoms with E-state index in [0.29, 0.717) is 6.54 Å². The summed E-state index contributed by atoms with van der Waals surface area (Å²) in [7, 11) is -1.41. The molecule has 1 rings (SSSR count). The summed E-state index contributed by atoms with van der Waals surface area (Å²) in [6.07, 6.45) is 4.16. The summed E-state index contributed by atoms with van der Waals surface area (Å²) in [4.78, 5) is 0. The zero-order chi connectivity index (χ0) is 11.5. The molecule has 0 aromatic carbocycles. The lowest BCUT2D eigenvalue weighted by Gasteiger charge is -2.27. The Kier molecular flexibility index (Phi) is 4.14. The first-order valence-corrected chi connectivity index (χ1v) is 7.12. The number of nitrogens with one attached hydrogen (secondary N) is 2. The second-order valence-corrected chi connectivity index (χ2v) is 6.88. The summed E-state index contributed by atoms with van der Waals surface area (Å²) in [5.74, 6) is 0. The van der Waals surface area contributed by atoms with Crippen LogP contribution in [0.15, 0.2) is 0 Å². The zero-order valence-corrected chi connectivity index (χ0v) is 10.7. The van der Waals surface area contributed by atoms with E-state index in [0.717, 1.165) is 25.7 Å². The van der Waals surface area contributed by atoms with E-state index in [1.807, 2.05) is 6.92 Å². The Hall–Kier alpha value is -0.130. The normalized spacial score (nSPS) is 22.9. The lowest BCUT2D eigenvalue weighted by Crippen LogP contribution is -2.48. The van der Waals surface area contributed by atoms with Gasteiger partial charge in [-0.3, -0.25) is 0 Å². The zero-order valence-electron chi connectivity index (χ0n) is 9.84. The van der Waals surface area contributed by atoms with Crippen LogP contribution in [0, 0.1) is 0 Å². The minimum Gasteiger partial charge on any atom is -0.318 e. The predicted octanol–water partition coefficient (Wildman–Crippen LogP) is 0.846. The largest absolute Gasteiger partial charge is 0.318 e. The second-order valence-electron chi connectivity index (χ2n) is 4.78. The molecule has 1 aliphatic rings. The average Bonchev–Trinajstić information content (AvgIpc) is 2.51. The van der Waals surface area contributed by atoms with Crippen LogP contribution in [0.5, 0.6) is 0 Å². The van der Waals surface area contributed by atoms with Crippen molar-refractivity contribution in [3.05, 3.63) is 0 Å². The Morgan fingerprint density at radius 3 is 2.33 bits per heavy atom. The average molecular weight is 234 g/mol. The van der Waals surface area contributed by atoms with Gasteiger partial charge in [-0.15, -0.1) is 0 Å². The van der Waals surface area contributed by atoms with Crippen LogP contribution < -0.4 is 10.0 Å². The first-order chi connectivity index (χ1) is 6.90. The maximum Gasteiger partial charge on any atom is 0.215 e. The Labute approximate surface area is 92.9 Å². The minimum atomic E-state index is -3.18. The third kappa shape index (κ3) is 3.43. The molecule has 0 aromatic rings. The summed E-state index contributed by atoms with van der Waals surface area (Å²) >= 11 is 0. The van der Waals surface area contributed by atoms with Gasteiger partial charge in [-0.25, -0.2) is 13.1 Å². The van der Waals surface area contributed by atoms with Gasteiger partial charge in [0.1, 0.15) is 0 Å². The Morgan fingerprint density at radius 2 is 1.87 bits per heavy atom. The van der Waals surface area contributed by atoms with Crippen LogP contribution in [-0.2, 0) is 10.0 Å². The van der Waals surface area contributed by atoms with E-state index in [-0.39, 0.29) is 10.8 Å². The van der Waals surface area contributed by atoms with Crippen molar-refractivity contribution in [2.45, 2.75) is 50.3 Å². The number of hydrogen-bond acceptors (Lipinski definition) is 3. The number of rotatable bonds is 5. The van der Waals surface area contributed by atoms with E-state index in [1.165, 1.54) is 0 Å². The molecular weight excluding hydrogens is 212 g/mol. The Morgan fingerprint density at radius 1 is 1.33 bits per heavy atom. The highest BCUT2D eigenvalue weighted by Crippen LogP contribution is 2.29. The number of hydrogen-bond donors (Lipinski definition) is 2. The first-order valence-electron chi connectivity index (χ1n) is 5.57. The topological polar surface area (TPSA) is 58.2 Å².